The lowest BCUT2D eigenvalue weighted by Gasteiger charge is -2.09. The monoisotopic (exact) mass is 260 g/mol. The van der Waals surface area contributed by atoms with E-state index in [0.717, 1.165) is 18.9 Å². The number of hydrogen-bond donors (Lipinski definition) is 2. The SMILES string of the molecule is Oc1cc(F)c(CC2(O)CC2)cc1Br. The van der Waals surface area contributed by atoms with Gasteiger partial charge in [-0.3, -0.25) is 0 Å². The van der Waals surface area contributed by atoms with Crippen LogP contribution in [0.15, 0.2) is 16.6 Å². The summed E-state index contributed by atoms with van der Waals surface area (Å²) in [6, 6.07) is 2.58. The molecule has 0 aliphatic heterocycles. The summed E-state index contributed by atoms with van der Waals surface area (Å²) in [6.45, 7) is 0. The molecule has 1 aliphatic carbocycles. The van der Waals surface area contributed by atoms with E-state index in [2.05, 4.69) is 15.9 Å². The fourth-order valence-electron chi connectivity index (χ4n) is 1.39. The zero-order valence-corrected chi connectivity index (χ0v) is 9.01. The van der Waals surface area contributed by atoms with Crippen LogP contribution in [0.2, 0.25) is 0 Å². The minimum atomic E-state index is -0.711. The van der Waals surface area contributed by atoms with Crippen LogP contribution >= 0.6 is 15.9 Å². The van der Waals surface area contributed by atoms with E-state index in [0.29, 0.717) is 16.5 Å². The average Bonchev–Trinajstić information content (AvgIpc) is 2.80. The Morgan fingerprint density at radius 1 is 1.43 bits per heavy atom. The van der Waals surface area contributed by atoms with Crippen LogP contribution < -0.4 is 0 Å². The average molecular weight is 261 g/mol. The third-order valence-electron chi connectivity index (χ3n) is 2.46. The molecule has 14 heavy (non-hydrogen) atoms. The highest BCUT2D eigenvalue weighted by Crippen LogP contribution is 2.39. The number of hydrogen-bond acceptors (Lipinski definition) is 2. The van der Waals surface area contributed by atoms with Crippen LogP contribution in [-0.4, -0.2) is 15.8 Å². The van der Waals surface area contributed by atoms with Crippen molar-refractivity contribution in [2.75, 3.05) is 0 Å². The fourth-order valence-corrected chi connectivity index (χ4v) is 1.78. The molecule has 2 N–H and O–H groups in total. The minimum absolute atomic E-state index is 0.117. The Morgan fingerprint density at radius 3 is 2.64 bits per heavy atom. The van der Waals surface area contributed by atoms with Crippen LogP contribution in [0.3, 0.4) is 0 Å². The third kappa shape index (κ3) is 1.91. The maximum Gasteiger partial charge on any atom is 0.132 e. The first-order chi connectivity index (χ1) is 6.50. The lowest BCUT2D eigenvalue weighted by molar-refractivity contribution is 0.149. The molecule has 0 aromatic heterocycles. The molecule has 0 bridgehead atoms. The number of aliphatic hydroxyl groups is 1. The van der Waals surface area contributed by atoms with Gasteiger partial charge in [0.05, 0.1) is 10.1 Å². The molecule has 1 aliphatic rings. The summed E-state index contributed by atoms with van der Waals surface area (Å²) in [6.07, 6.45) is 1.77. The van der Waals surface area contributed by atoms with Crippen molar-refractivity contribution in [2.24, 2.45) is 0 Å². The van der Waals surface area contributed by atoms with Crippen molar-refractivity contribution in [3.63, 3.8) is 0 Å². The van der Waals surface area contributed by atoms with E-state index in [1.165, 1.54) is 6.07 Å². The van der Waals surface area contributed by atoms with Gasteiger partial charge in [0.1, 0.15) is 11.6 Å². The maximum atomic E-state index is 13.3. The van der Waals surface area contributed by atoms with Crippen molar-refractivity contribution >= 4 is 15.9 Å². The van der Waals surface area contributed by atoms with Crippen molar-refractivity contribution in [1.29, 1.82) is 0 Å². The molecule has 2 rings (SSSR count). The standard InChI is InChI=1S/C10H10BrFO2/c11-7-3-6(5-10(14)1-2-10)8(12)4-9(7)13/h3-4,13-14H,1-2,5H2. The van der Waals surface area contributed by atoms with Gasteiger partial charge >= 0.3 is 0 Å². The summed E-state index contributed by atoms with van der Waals surface area (Å²) in [4.78, 5) is 0. The molecule has 76 valence electrons. The molecule has 1 aromatic rings. The molecule has 0 amide bonds. The van der Waals surface area contributed by atoms with E-state index in [1.807, 2.05) is 0 Å². The molecule has 2 nitrogen and oxygen atoms in total. The minimum Gasteiger partial charge on any atom is -0.507 e. The van der Waals surface area contributed by atoms with E-state index in [-0.39, 0.29) is 5.75 Å². The molecule has 4 heteroatoms. The van der Waals surface area contributed by atoms with Gasteiger partial charge in [0, 0.05) is 12.5 Å². The van der Waals surface area contributed by atoms with Crippen LogP contribution in [0, 0.1) is 5.82 Å². The molecule has 1 fully saturated rings. The molecule has 1 saturated carbocycles. The largest absolute Gasteiger partial charge is 0.507 e. The molecular weight excluding hydrogens is 251 g/mol. The second kappa shape index (κ2) is 3.21. The summed E-state index contributed by atoms with van der Waals surface area (Å²) in [7, 11) is 0. The van der Waals surface area contributed by atoms with E-state index in [1.54, 1.807) is 0 Å². The van der Waals surface area contributed by atoms with E-state index in [4.69, 9.17) is 0 Å². The number of aromatic hydroxyl groups is 1. The van der Waals surface area contributed by atoms with Crippen LogP contribution in [0.1, 0.15) is 18.4 Å². The number of benzene rings is 1. The lowest BCUT2D eigenvalue weighted by Crippen LogP contribution is -2.11. The predicted molar refractivity (Wildman–Crippen MR) is 53.7 cm³/mol. The Hall–Kier alpha value is -0.610. The molecule has 0 radical (unpaired) electrons. The van der Waals surface area contributed by atoms with Gasteiger partial charge in [-0.1, -0.05) is 0 Å². The normalized spacial score (nSPS) is 18.2. The first-order valence-electron chi connectivity index (χ1n) is 4.39. The van der Waals surface area contributed by atoms with Crippen LogP contribution in [0.5, 0.6) is 5.75 Å². The van der Waals surface area contributed by atoms with Gasteiger partial charge < -0.3 is 10.2 Å². The molecule has 0 atom stereocenters. The highest BCUT2D eigenvalue weighted by molar-refractivity contribution is 9.10. The van der Waals surface area contributed by atoms with E-state index < -0.39 is 11.4 Å². The predicted octanol–water partition coefficient (Wildman–Crippen LogP) is 2.36. The molecule has 0 unspecified atom stereocenters. The number of rotatable bonds is 2. The molecule has 0 spiro atoms. The van der Waals surface area contributed by atoms with Gasteiger partial charge in [-0.2, -0.15) is 0 Å². The Bertz CT molecular complexity index is 375. The van der Waals surface area contributed by atoms with Crippen molar-refractivity contribution < 1.29 is 14.6 Å². The summed E-state index contributed by atoms with van der Waals surface area (Å²) < 4.78 is 13.8. The second-order valence-corrected chi connectivity index (χ2v) is 4.65. The Kier molecular flexibility index (Phi) is 2.27. The van der Waals surface area contributed by atoms with Gasteiger partial charge in [0.25, 0.3) is 0 Å². The number of phenolic OH excluding ortho intramolecular Hbond substituents is 1. The van der Waals surface area contributed by atoms with Gasteiger partial charge in [-0.25, -0.2) is 4.39 Å². The molecule has 1 aromatic carbocycles. The van der Waals surface area contributed by atoms with E-state index in [9.17, 15) is 14.6 Å². The maximum absolute atomic E-state index is 13.3. The van der Waals surface area contributed by atoms with Gasteiger partial charge in [-0.15, -0.1) is 0 Å². The van der Waals surface area contributed by atoms with Crippen LogP contribution in [0.4, 0.5) is 4.39 Å². The molecule has 0 heterocycles. The first-order valence-corrected chi connectivity index (χ1v) is 5.19. The van der Waals surface area contributed by atoms with Crippen LogP contribution in [0.25, 0.3) is 0 Å². The smallest absolute Gasteiger partial charge is 0.132 e. The fraction of sp³-hybridized carbons (Fsp3) is 0.400. The van der Waals surface area contributed by atoms with Crippen molar-refractivity contribution in [3.05, 3.63) is 28.0 Å². The number of phenols is 1. The zero-order valence-electron chi connectivity index (χ0n) is 7.43. The Labute approximate surface area is 89.5 Å². The molecule has 0 saturated heterocycles. The summed E-state index contributed by atoms with van der Waals surface area (Å²) in [5.74, 6) is -0.583. The highest BCUT2D eigenvalue weighted by atomic mass is 79.9. The van der Waals surface area contributed by atoms with Crippen molar-refractivity contribution in [3.8, 4) is 5.75 Å². The lowest BCUT2D eigenvalue weighted by atomic mass is 10.1. The van der Waals surface area contributed by atoms with Gasteiger partial charge in [-0.05, 0) is 40.4 Å². The Balaban J connectivity index is 2.29. The first kappa shape index (κ1) is 9.93. The highest BCUT2D eigenvalue weighted by Gasteiger charge is 2.40. The Morgan fingerprint density at radius 2 is 2.07 bits per heavy atom. The zero-order chi connectivity index (χ0) is 10.3. The van der Waals surface area contributed by atoms with E-state index >= 15 is 0 Å². The van der Waals surface area contributed by atoms with Gasteiger partial charge in [0.2, 0.25) is 0 Å². The van der Waals surface area contributed by atoms with Crippen molar-refractivity contribution in [1.82, 2.24) is 0 Å². The topological polar surface area (TPSA) is 40.5 Å². The van der Waals surface area contributed by atoms with Crippen LogP contribution in [-0.2, 0) is 6.42 Å². The third-order valence-corrected chi connectivity index (χ3v) is 3.10. The summed E-state index contributed by atoms with van der Waals surface area (Å²) >= 11 is 3.11. The second-order valence-electron chi connectivity index (χ2n) is 3.80. The number of halogens is 2. The summed E-state index contributed by atoms with van der Waals surface area (Å²) in [5, 5.41) is 18.8. The van der Waals surface area contributed by atoms with Gasteiger partial charge in [0.15, 0.2) is 0 Å². The quantitative estimate of drug-likeness (QED) is 0.857. The molecular formula is C10H10BrFO2. The summed E-state index contributed by atoms with van der Waals surface area (Å²) in [5.41, 5.74) is -0.272. The van der Waals surface area contributed by atoms with Crippen molar-refractivity contribution in [2.45, 2.75) is 24.9 Å².